The van der Waals surface area contributed by atoms with E-state index in [-0.39, 0.29) is 5.82 Å². The Hall–Kier alpha value is -2.19. The number of benzene rings is 1. The van der Waals surface area contributed by atoms with E-state index in [1.807, 2.05) is 19.9 Å². The second-order valence-electron chi connectivity index (χ2n) is 5.01. The van der Waals surface area contributed by atoms with E-state index in [1.54, 1.807) is 10.7 Å². The van der Waals surface area contributed by atoms with Gasteiger partial charge in [-0.15, -0.1) is 0 Å². The molecule has 1 N–H and O–H groups in total. The molecule has 0 radical (unpaired) electrons. The molecule has 2 aromatic rings. The van der Waals surface area contributed by atoms with Gasteiger partial charge in [0, 0.05) is 23.4 Å². The van der Waals surface area contributed by atoms with Crippen LogP contribution in [0.1, 0.15) is 35.0 Å². The summed E-state index contributed by atoms with van der Waals surface area (Å²) in [6.07, 6.45) is 0. The molecular weight excluding hydrogens is 267 g/mol. The maximum atomic E-state index is 13.9. The summed E-state index contributed by atoms with van der Waals surface area (Å²) in [6.45, 7) is 7.98. The van der Waals surface area contributed by atoms with Crippen LogP contribution in [0.4, 0.5) is 4.39 Å². The van der Waals surface area contributed by atoms with E-state index in [0.29, 0.717) is 17.7 Å². The van der Waals surface area contributed by atoms with Crippen molar-refractivity contribution in [2.45, 2.75) is 33.9 Å². The van der Waals surface area contributed by atoms with Gasteiger partial charge in [-0.2, -0.15) is 10.4 Å². The normalized spacial score (nSPS) is 10.6. The van der Waals surface area contributed by atoms with Gasteiger partial charge in [0.2, 0.25) is 0 Å². The molecule has 0 saturated carbocycles. The summed E-state index contributed by atoms with van der Waals surface area (Å²) in [7, 11) is 0. The van der Waals surface area contributed by atoms with E-state index in [4.69, 9.17) is 5.26 Å². The van der Waals surface area contributed by atoms with Crippen molar-refractivity contribution in [1.29, 1.82) is 5.26 Å². The maximum Gasteiger partial charge on any atom is 0.128 e. The smallest absolute Gasteiger partial charge is 0.128 e. The van der Waals surface area contributed by atoms with Crippen LogP contribution in [0.15, 0.2) is 18.2 Å². The number of nitrogens with one attached hydrogen (secondary N) is 1. The van der Waals surface area contributed by atoms with Gasteiger partial charge in [0.1, 0.15) is 5.82 Å². The molecule has 0 aliphatic carbocycles. The van der Waals surface area contributed by atoms with Gasteiger partial charge in [-0.1, -0.05) is 6.92 Å². The summed E-state index contributed by atoms with van der Waals surface area (Å²) in [5.74, 6) is -0.310. The molecule has 2 rings (SSSR count). The molecule has 0 unspecified atom stereocenters. The SMILES string of the molecule is CCNCc1c(C)nn(Cc2cc(C#N)ccc2F)c1C. The summed E-state index contributed by atoms with van der Waals surface area (Å²) in [5, 5.41) is 16.7. The first-order chi connectivity index (χ1) is 10.1. The number of hydrogen-bond donors (Lipinski definition) is 1. The fraction of sp³-hybridized carbons (Fsp3) is 0.375. The molecule has 0 aliphatic rings. The Labute approximate surface area is 124 Å². The zero-order valence-electron chi connectivity index (χ0n) is 12.6. The van der Waals surface area contributed by atoms with Crippen molar-refractivity contribution in [1.82, 2.24) is 15.1 Å². The lowest BCUT2D eigenvalue weighted by atomic mass is 10.1. The van der Waals surface area contributed by atoms with Crippen LogP contribution >= 0.6 is 0 Å². The summed E-state index contributed by atoms with van der Waals surface area (Å²) < 4.78 is 15.7. The second-order valence-corrected chi connectivity index (χ2v) is 5.01. The lowest BCUT2D eigenvalue weighted by Gasteiger charge is -2.07. The van der Waals surface area contributed by atoms with Crippen LogP contribution in [0, 0.1) is 31.0 Å². The molecule has 4 nitrogen and oxygen atoms in total. The van der Waals surface area contributed by atoms with Gasteiger partial charge in [0.15, 0.2) is 0 Å². The van der Waals surface area contributed by atoms with E-state index in [9.17, 15) is 4.39 Å². The highest BCUT2D eigenvalue weighted by atomic mass is 19.1. The van der Waals surface area contributed by atoms with Crippen molar-refractivity contribution in [3.8, 4) is 6.07 Å². The lowest BCUT2D eigenvalue weighted by Crippen LogP contribution is -2.13. The van der Waals surface area contributed by atoms with Crippen LogP contribution in [0.5, 0.6) is 0 Å². The quantitative estimate of drug-likeness (QED) is 0.919. The van der Waals surface area contributed by atoms with Crippen LogP contribution < -0.4 is 5.32 Å². The molecule has 0 saturated heterocycles. The Morgan fingerprint density at radius 3 is 2.81 bits per heavy atom. The summed E-state index contributed by atoms with van der Waals surface area (Å²) in [6, 6.07) is 6.43. The Balaban J connectivity index is 2.30. The van der Waals surface area contributed by atoms with E-state index in [0.717, 1.165) is 30.0 Å². The number of hydrogen-bond acceptors (Lipinski definition) is 3. The highest BCUT2D eigenvalue weighted by Gasteiger charge is 2.13. The number of nitrogens with zero attached hydrogens (tertiary/aromatic N) is 3. The van der Waals surface area contributed by atoms with Crippen molar-refractivity contribution in [3.05, 3.63) is 52.1 Å². The fourth-order valence-electron chi connectivity index (χ4n) is 2.32. The minimum Gasteiger partial charge on any atom is -0.313 e. The van der Waals surface area contributed by atoms with Crippen LogP contribution in [0.2, 0.25) is 0 Å². The van der Waals surface area contributed by atoms with Crippen LogP contribution in [0.25, 0.3) is 0 Å². The standard InChI is InChI=1S/C16H19FN4/c1-4-19-9-15-11(2)20-21(12(15)3)10-14-7-13(8-18)5-6-16(14)17/h5-7,19H,4,9-10H2,1-3H3. The molecule has 0 aliphatic heterocycles. The largest absolute Gasteiger partial charge is 0.313 e. The van der Waals surface area contributed by atoms with E-state index >= 15 is 0 Å². The molecule has 1 aromatic heterocycles. The topological polar surface area (TPSA) is 53.6 Å². The average molecular weight is 286 g/mol. The van der Waals surface area contributed by atoms with Gasteiger partial charge < -0.3 is 5.32 Å². The van der Waals surface area contributed by atoms with Crippen molar-refractivity contribution in [2.75, 3.05) is 6.54 Å². The minimum atomic E-state index is -0.310. The third-order valence-electron chi connectivity index (χ3n) is 3.58. The highest BCUT2D eigenvalue weighted by Crippen LogP contribution is 2.17. The molecule has 0 amide bonds. The van der Waals surface area contributed by atoms with Gasteiger partial charge in [-0.05, 0) is 38.6 Å². The van der Waals surface area contributed by atoms with Crippen LogP contribution in [-0.4, -0.2) is 16.3 Å². The van der Waals surface area contributed by atoms with Crippen molar-refractivity contribution in [3.63, 3.8) is 0 Å². The van der Waals surface area contributed by atoms with Crippen LogP contribution in [0.3, 0.4) is 0 Å². The molecule has 0 spiro atoms. The monoisotopic (exact) mass is 286 g/mol. The zero-order valence-corrected chi connectivity index (χ0v) is 12.6. The molecular formula is C16H19FN4. The van der Waals surface area contributed by atoms with Crippen molar-refractivity contribution in [2.24, 2.45) is 0 Å². The Bertz CT molecular complexity index is 682. The van der Waals surface area contributed by atoms with E-state index in [1.165, 1.54) is 12.1 Å². The number of aryl methyl sites for hydroxylation is 1. The first-order valence-electron chi connectivity index (χ1n) is 6.99. The number of halogens is 1. The highest BCUT2D eigenvalue weighted by molar-refractivity contribution is 5.34. The van der Waals surface area contributed by atoms with Gasteiger partial charge in [0.25, 0.3) is 0 Å². The number of nitriles is 1. The third-order valence-corrected chi connectivity index (χ3v) is 3.58. The third kappa shape index (κ3) is 3.29. The Kier molecular flexibility index (Phi) is 4.71. The van der Waals surface area contributed by atoms with Crippen molar-refractivity contribution >= 4 is 0 Å². The minimum absolute atomic E-state index is 0.310. The van der Waals surface area contributed by atoms with Gasteiger partial charge in [-0.3, -0.25) is 4.68 Å². The maximum absolute atomic E-state index is 13.9. The molecule has 0 bridgehead atoms. The molecule has 1 aromatic carbocycles. The zero-order chi connectivity index (χ0) is 15.4. The van der Waals surface area contributed by atoms with Crippen LogP contribution in [-0.2, 0) is 13.1 Å². The average Bonchev–Trinajstić information content (AvgIpc) is 2.74. The molecule has 0 fully saturated rings. The molecule has 5 heteroatoms. The van der Waals surface area contributed by atoms with Gasteiger partial charge in [0.05, 0.1) is 23.9 Å². The number of rotatable bonds is 5. The lowest BCUT2D eigenvalue weighted by molar-refractivity contribution is 0.578. The van der Waals surface area contributed by atoms with Gasteiger partial charge >= 0.3 is 0 Å². The Morgan fingerprint density at radius 1 is 1.38 bits per heavy atom. The summed E-state index contributed by atoms with van der Waals surface area (Å²) >= 11 is 0. The molecule has 0 atom stereocenters. The van der Waals surface area contributed by atoms with Gasteiger partial charge in [-0.25, -0.2) is 4.39 Å². The Morgan fingerprint density at radius 2 is 2.14 bits per heavy atom. The predicted molar refractivity (Wildman–Crippen MR) is 79.3 cm³/mol. The predicted octanol–water partition coefficient (Wildman–Crippen LogP) is 2.67. The summed E-state index contributed by atoms with van der Waals surface area (Å²) in [4.78, 5) is 0. The number of aromatic nitrogens is 2. The second kappa shape index (κ2) is 6.51. The molecule has 1 heterocycles. The first kappa shape index (κ1) is 15.2. The molecule has 21 heavy (non-hydrogen) atoms. The fourth-order valence-corrected chi connectivity index (χ4v) is 2.32. The molecule has 110 valence electrons. The van der Waals surface area contributed by atoms with E-state index in [2.05, 4.69) is 17.3 Å². The summed E-state index contributed by atoms with van der Waals surface area (Å²) in [5.41, 5.74) is 4.06. The first-order valence-corrected chi connectivity index (χ1v) is 6.99. The van der Waals surface area contributed by atoms with Crippen molar-refractivity contribution < 1.29 is 4.39 Å². The van der Waals surface area contributed by atoms with E-state index < -0.39 is 0 Å².